The van der Waals surface area contributed by atoms with Crippen molar-refractivity contribution in [3.63, 3.8) is 0 Å². The zero-order valence-corrected chi connectivity index (χ0v) is 18.2. The third-order valence-electron chi connectivity index (χ3n) is 5.98. The lowest BCUT2D eigenvalue weighted by atomic mass is 10.1. The van der Waals surface area contributed by atoms with Crippen LogP contribution in [0, 0.1) is 6.92 Å². The Labute approximate surface area is 184 Å². The molecule has 0 spiro atoms. The van der Waals surface area contributed by atoms with Crippen LogP contribution in [0.3, 0.4) is 0 Å². The first-order valence-corrected chi connectivity index (χ1v) is 11.3. The molecule has 2 N–H and O–H groups in total. The Morgan fingerprint density at radius 3 is 2.77 bits per heavy atom. The monoisotopic (exact) mass is 439 g/mol. The van der Waals surface area contributed by atoms with Crippen molar-refractivity contribution in [3.8, 4) is 5.75 Å². The minimum Gasteiger partial charge on any atom is -0.506 e. The fourth-order valence-corrected chi connectivity index (χ4v) is 5.37. The van der Waals surface area contributed by atoms with Crippen molar-refractivity contribution in [2.45, 2.75) is 19.4 Å². The topological polar surface area (TPSA) is 90.8 Å². The summed E-state index contributed by atoms with van der Waals surface area (Å²) < 4.78 is 5.46. The van der Waals surface area contributed by atoms with Gasteiger partial charge in [-0.2, -0.15) is 0 Å². The summed E-state index contributed by atoms with van der Waals surface area (Å²) in [5, 5.41) is 14.5. The van der Waals surface area contributed by atoms with E-state index in [9.17, 15) is 9.90 Å². The maximum Gasteiger partial charge on any atom is 0.264 e. The van der Waals surface area contributed by atoms with E-state index in [-0.39, 0.29) is 17.7 Å². The molecule has 0 aliphatic carbocycles. The molecule has 8 nitrogen and oxygen atoms in total. The van der Waals surface area contributed by atoms with Gasteiger partial charge in [0.25, 0.3) is 5.91 Å². The molecule has 0 bridgehead atoms. The van der Waals surface area contributed by atoms with Crippen LogP contribution in [0.25, 0.3) is 10.2 Å². The van der Waals surface area contributed by atoms with E-state index in [0.717, 1.165) is 45.2 Å². The second kappa shape index (κ2) is 8.32. The lowest BCUT2D eigenvalue weighted by molar-refractivity contribution is 0.0751. The maximum absolute atomic E-state index is 13.3. The minimum atomic E-state index is 0.0348. The van der Waals surface area contributed by atoms with E-state index in [1.165, 1.54) is 11.3 Å². The van der Waals surface area contributed by atoms with Crippen LogP contribution in [0.15, 0.2) is 30.6 Å². The van der Waals surface area contributed by atoms with Crippen LogP contribution in [0.5, 0.6) is 5.75 Å². The van der Waals surface area contributed by atoms with E-state index in [1.807, 2.05) is 30.0 Å². The first-order chi connectivity index (χ1) is 15.1. The molecule has 9 heteroatoms. The number of nitrogens with one attached hydrogen (secondary N) is 1. The van der Waals surface area contributed by atoms with Gasteiger partial charge >= 0.3 is 0 Å². The van der Waals surface area contributed by atoms with Gasteiger partial charge in [0, 0.05) is 32.8 Å². The summed E-state index contributed by atoms with van der Waals surface area (Å²) in [4.78, 5) is 27.7. The van der Waals surface area contributed by atoms with Crippen molar-refractivity contribution in [2.24, 2.45) is 0 Å². The van der Waals surface area contributed by atoms with Gasteiger partial charge in [-0.05, 0) is 31.0 Å². The molecule has 1 unspecified atom stereocenters. The summed E-state index contributed by atoms with van der Waals surface area (Å²) in [6.45, 7) is 5.98. The molecule has 162 valence electrons. The van der Waals surface area contributed by atoms with Crippen molar-refractivity contribution in [1.29, 1.82) is 0 Å². The molecule has 31 heavy (non-hydrogen) atoms. The molecular formula is C22H25N5O3S. The second-order valence-corrected chi connectivity index (χ2v) is 8.93. The molecule has 2 fully saturated rings. The molecule has 2 aliphatic heterocycles. The van der Waals surface area contributed by atoms with Gasteiger partial charge in [-0.25, -0.2) is 9.97 Å². The zero-order valence-electron chi connectivity index (χ0n) is 17.4. The quantitative estimate of drug-likeness (QED) is 0.646. The number of phenols is 1. The normalized spacial score (nSPS) is 19.2. The number of hydrogen-bond acceptors (Lipinski definition) is 8. The number of phenolic OH excluding ortho intramolecular Hbond substituents is 1. The Kier molecular flexibility index (Phi) is 5.37. The molecular weight excluding hydrogens is 414 g/mol. The highest BCUT2D eigenvalue weighted by Crippen LogP contribution is 2.35. The number of piperazine rings is 1. The largest absolute Gasteiger partial charge is 0.506 e. The second-order valence-electron chi connectivity index (χ2n) is 7.93. The fourth-order valence-electron chi connectivity index (χ4n) is 4.25. The lowest BCUT2D eigenvalue weighted by Crippen LogP contribution is -2.48. The molecule has 0 saturated carbocycles. The summed E-state index contributed by atoms with van der Waals surface area (Å²) in [5.41, 5.74) is 1.74. The van der Waals surface area contributed by atoms with Gasteiger partial charge in [-0.3, -0.25) is 4.79 Å². The van der Waals surface area contributed by atoms with E-state index in [4.69, 9.17) is 4.74 Å². The number of hydrogen-bond donors (Lipinski definition) is 2. The van der Waals surface area contributed by atoms with Gasteiger partial charge in [0.2, 0.25) is 0 Å². The minimum absolute atomic E-state index is 0.0348. The number of aryl methyl sites for hydroxylation is 1. The van der Waals surface area contributed by atoms with Gasteiger partial charge in [-0.1, -0.05) is 12.1 Å². The highest BCUT2D eigenvalue weighted by Gasteiger charge is 2.28. The molecule has 3 aromatic rings. The Hall–Kier alpha value is -2.91. The van der Waals surface area contributed by atoms with E-state index in [1.54, 1.807) is 12.4 Å². The molecule has 1 atom stereocenters. The van der Waals surface area contributed by atoms with Crippen LogP contribution >= 0.6 is 11.3 Å². The van der Waals surface area contributed by atoms with Crippen LogP contribution in [-0.2, 0) is 4.74 Å². The average Bonchev–Trinajstić information content (AvgIpc) is 3.42. The fraction of sp³-hybridized carbons (Fsp3) is 0.409. The number of rotatable bonds is 4. The Morgan fingerprint density at radius 1 is 1.23 bits per heavy atom. The number of aromatic hydroxyl groups is 1. The maximum atomic E-state index is 13.3. The van der Waals surface area contributed by atoms with Gasteiger partial charge in [0.1, 0.15) is 22.7 Å². The van der Waals surface area contributed by atoms with E-state index in [2.05, 4.69) is 20.2 Å². The number of aromatic nitrogens is 2. The Balaban J connectivity index is 1.34. The number of nitrogens with zero attached hydrogens (tertiary/aromatic N) is 4. The highest BCUT2D eigenvalue weighted by atomic mass is 32.1. The molecule has 5 rings (SSSR count). The summed E-state index contributed by atoms with van der Waals surface area (Å²) in [6, 6.07) is 7.56. The Bertz CT molecular complexity index is 1100. The van der Waals surface area contributed by atoms with Gasteiger partial charge in [0.15, 0.2) is 0 Å². The highest BCUT2D eigenvalue weighted by molar-refractivity contribution is 7.20. The molecule has 0 radical (unpaired) electrons. The van der Waals surface area contributed by atoms with Crippen molar-refractivity contribution in [1.82, 2.24) is 14.9 Å². The number of anilines is 2. The molecule has 2 saturated heterocycles. The number of ether oxygens (including phenoxy) is 1. The predicted octanol–water partition coefficient (Wildman–Crippen LogP) is 2.87. The number of para-hydroxylation sites is 2. The Morgan fingerprint density at radius 2 is 2.03 bits per heavy atom. The van der Waals surface area contributed by atoms with Crippen molar-refractivity contribution in [3.05, 3.63) is 41.0 Å². The van der Waals surface area contributed by atoms with E-state index in [0.29, 0.717) is 32.8 Å². The summed E-state index contributed by atoms with van der Waals surface area (Å²) in [5.74, 6) is 1.08. The van der Waals surface area contributed by atoms with E-state index < -0.39 is 0 Å². The smallest absolute Gasteiger partial charge is 0.264 e. The molecule has 2 aliphatic rings. The SMILES string of the molecule is Cc1c(C(=O)N2CCN(c3ccccc3O)CC2)sc2ncnc(NC3CCOC3)c12. The van der Waals surface area contributed by atoms with Crippen molar-refractivity contribution < 1.29 is 14.6 Å². The number of carbonyl (C=O) groups is 1. The summed E-state index contributed by atoms with van der Waals surface area (Å²) in [6.07, 6.45) is 2.50. The van der Waals surface area contributed by atoms with Crippen LogP contribution in [0.4, 0.5) is 11.5 Å². The van der Waals surface area contributed by atoms with Gasteiger partial charge < -0.3 is 25.0 Å². The first-order valence-electron chi connectivity index (χ1n) is 10.5. The predicted molar refractivity (Wildman–Crippen MR) is 121 cm³/mol. The lowest BCUT2D eigenvalue weighted by Gasteiger charge is -2.36. The standard InChI is InChI=1S/C22H25N5O3S/c1-14-18-20(25-15-6-11-30-12-15)23-13-24-21(18)31-19(14)22(29)27-9-7-26(8-10-27)16-4-2-3-5-17(16)28/h2-5,13,15,28H,6-12H2,1H3,(H,23,24,25). The van der Waals surface area contributed by atoms with Crippen LogP contribution < -0.4 is 10.2 Å². The number of fused-ring (bicyclic) bond motifs is 1. The number of thiophene rings is 1. The average molecular weight is 440 g/mol. The summed E-state index contributed by atoms with van der Waals surface area (Å²) >= 11 is 1.43. The van der Waals surface area contributed by atoms with Crippen LogP contribution in [-0.4, -0.2) is 71.3 Å². The van der Waals surface area contributed by atoms with Crippen molar-refractivity contribution in [2.75, 3.05) is 49.6 Å². The molecule has 2 aromatic heterocycles. The molecule has 1 amide bonds. The first kappa shape index (κ1) is 20.0. The zero-order chi connectivity index (χ0) is 21.4. The molecule has 1 aromatic carbocycles. The van der Waals surface area contributed by atoms with Gasteiger partial charge in [-0.15, -0.1) is 11.3 Å². The number of carbonyl (C=O) groups excluding carboxylic acids is 1. The third-order valence-corrected chi connectivity index (χ3v) is 7.17. The summed E-state index contributed by atoms with van der Waals surface area (Å²) in [7, 11) is 0. The van der Waals surface area contributed by atoms with Crippen LogP contribution in [0.2, 0.25) is 0 Å². The van der Waals surface area contributed by atoms with E-state index >= 15 is 0 Å². The number of amides is 1. The van der Waals surface area contributed by atoms with Crippen LogP contribution in [0.1, 0.15) is 21.7 Å². The number of benzene rings is 1. The van der Waals surface area contributed by atoms with Gasteiger partial charge in [0.05, 0.1) is 28.6 Å². The molecule has 4 heterocycles. The third kappa shape index (κ3) is 3.79. The van der Waals surface area contributed by atoms with Crippen molar-refractivity contribution >= 4 is 39.0 Å².